The Morgan fingerprint density at radius 2 is 1.70 bits per heavy atom. The molecule has 0 spiro atoms. The standard InChI is InChI=1S/C28H28Cl2N4O2S/c1-5-36-21-15-13-20(14-16-21)31-24(35)17-37-27-33-32-26(18-9-11-19(12-10-18)28(2,3)4)34(27)23-8-6-7-22(29)25(23)30/h6-16H,5,17H2,1-4H3,(H,31,35). The van der Waals surface area contributed by atoms with E-state index in [-0.39, 0.29) is 17.1 Å². The van der Waals surface area contributed by atoms with Gasteiger partial charge in [-0.15, -0.1) is 10.2 Å². The van der Waals surface area contributed by atoms with Gasteiger partial charge in [-0.1, -0.05) is 86.1 Å². The van der Waals surface area contributed by atoms with Crippen LogP contribution in [-0.4, -0.2) is 33.0 Å². The molecule has 0 radical (unpaired) electrons. The molecule has 0 saturated heterocycles. The quantitative estimate of drug-likeness (QED) is 0.226. The zero-order valence-electron chi connectivity index (χ0n) is 21.1. The van der Waals surface area contributed by atoms with Gasteiger partial charge in [0.1, 0.15) is 5.75 Å². The summed E-state index contributed by atoms with van der Waals surface area (Å²) in [5, 5.41) is 13.1. The second kappa shape index (κ2) is 11.6. The molecule has 0 aliphatic carbocycles. The first-order valence-corrected chi connectivity index (χ1v) is 13.6. The number of anilines is 1. The smallest absolute Gasteiger partial charge is 0.234 e. The molecule has 1 amide bonds. The first-order valence-electron chi connectivity index (χ1n) is 11.8. The lowest BCUT2D eigenvalue weighted by atomic mass is 9.87. The fourth-order valence-electron chi connectivity index (χ4n) is 3.68. The molecule has 0 atom stereocenters. The molecule has 1 heterocycles. The summed E-state index contributed by atoms with van der Waals surface area (Å²) < 4.78 is 7.29. The number of thioether (sulfide) groups is 1. The van der Waals surface area contributed by atoms with Crippen molar-refractivity contribution in [3.8, 4) is 22.8 Å². The van der Waals surface area contributed by atoms with Crippen LogP contribution in [0.5, 0.6) is 5.75 Å². The Balaban J connectivity index is 1.60. The van der Waals surface area contributed by atoms with Gasteiger partial charge in [0, 0.05) is 11.3 Å². The fraction of sp³-hybridized carbons (Fsp3) is 0.250. The molecule has 3 aromatic carbocycles. The summed E-state index contributed by atoms with van der Waals surface area (Å²) >= 11 is 14.2. The van der Waals surface area contributed by atoms with E-state index < -0.39 is 0 Å². The maximum atomic E-state index is 12.7. The van der Waals surface area contributed by atoms with Crippen LogP contribution in [0.3, 0.4) is 0 Å². The van der Waals surface area contributed by atoms with Crippen LogP contribution in [0.4, 0.5) is 5.69 Å². The highest BCUT2D eigenvalue weighted by atomic mass is 35.5. The van der Waals surface area contributed by atoms with E-state index in [1.807, 2.05) is 47.9 Å². The van der Waals surface area contributed by atoms with Crippen molar-refractivity contribution in [3.05, 3.63) is 82.3 Å². The van der Waals surface area contributed by atoms with E-state index in [2.05, 4.69) is 48.4 Å². The van der Waals surface area contributed by atoms with Crippen molar-refractivity contribution in [1.82, 2.24) is 14.8 Å². The molecule has 0 fully saturated rings. The average molecular weight is 556 g/mol. The van der Waals surface area contributed by atoms with Crippen LogP contribution in [-0.2, 0) is 10.2 Å². The van der Waals surface area contributed by atoms with Gasteiger partial charge in [-0.2, -0.15) is 0 Å². The number of hydrogen-bond acceptors (Lipinski definition) is 5. The molecule has 4 rings (SSSR count). The first kappa shape index (κ1) is 27.0. The second-order valence-corrected chi connectivity index (χ2v) is 11.1. The zero-order valence-corrected chi connectivity index (χ0v) is 23.4. The van der Waals surface area contributed by atoms with Crippen molar-refractivity contribution in [2.24, 2.45) is 0 Å². The summed E-state index contributed by atoms with van der Waals surface area (Å²) in [7, 11) is 0. The molecule has 4 aromatic rings. The largest absolute Gasteiger partial charge is 0.494 e. The van der Waals surface area contributed by atoms with Crippen molar-refractivity contribution < 1.29 is 9.53 Å². The minimum Gasteiger partial charge on any atom is -0.494 e. The normalized spacial score (nSPS) is 11.4. The number of ether oxygens (including phenoxy) is 1. The van der Waals surface area contributed by atoms with Gasteiger partial charge in [0.2, 0.25) is 5.91 Å². The number of aromatic nitrogens is 3. The number of rotatable bonds is 8. The van der Waals surface area contributed by atoms with Gasteiger partial charge < -0.3 is 10.1 Å². The Morgan fingerprint density at radius 3 is 2.35 bits per heavy atom. The number of hydrogen-bond donors (Lipinski definition) is 1. The van der Waals surface area contributed by atoms with Crippen molar-refractivity contribution in [2.75, 3.05) is 17.7 Å². The first-order chi connectivity index (χ1) is 17.7. The molecular formula is C28H28Cl2N4O2S. The zero-order chi connectivity index (χ0) is 26.6. The predicted octanol–water partition coefficient (Wildman–Crippen LogP) is 7.67. The highest BCUT2D eigenvalue weighted by Gasteiger charge is 2.21. The highest BCUT2D eigenvalue weighted by Crippen LogP contribution is 2.35. The van der Waals surface area contributed by atoms with Gasteiger partial charge in [-0.3, -0.25) is 9.36 Å². The van der Waals surface area contributed by atoms with Crippen molar-refractivity contribution >= 4 is 46.6 Å². The second-order valence-electron chi connectivity index (χ2n) is 9.34. The Morgan fingerprint density at radius 1 is 1.00 bits per heavy atom. The minimum atomic E-state index is -0.169. The minimum absolute atomic E-state index is 0.0280. The molecule has 37 heavy (non-hydrogen) atoms. The van der Waals surface area contributed by atoms with E-state index in [4.69, 9.17) is 27.9 Å². The maximum Gasteiger partial charge on any atom is 0.234 e. The maximum absolute atomic E-state index is 12.7. The summed E-state index contributed by atoms with van der Waals surface area (Å²) in [6.45, 7) is 9.02. The number of amides is 1. The van der Waals surface area contributed by atoms with Crippen LogP contribution >= 0.6 is 35.0 Å². The number of carbonyl (C=O) groups is 1. The third-order valence-electron chi connectivity index (χ3n) is 5.60. The Kier molecular flexibility index (Phi) is 8.47. The third kappa shape index (κ3) is 6.47. The van der Waals surface area contributed by atoms with Gasteiger partial charge in [0.25, 0.3) is 0 Å². The Hall–Kier alpha value is -3.00. The van der Waals surface area contributed by atoms with Gasteiger partial charge in [0.05, 0.1) is 28.1 Å². The molecular weight excluding hydrogens is 527 g/mol. The van der Waals surface area contributed by atoms with E-state index in [1.54, 1.807) is 18.2 Å². The van der Waals surface area contributed by atoms with Crippen LogP contribution in [0.1, 0.15) is 33.3 Å². The van der Waals surface area contributed by atoms with E-state index in [1.165, 1.54) is 17.3 Å². The molecule has 0 aliphatic heterocycles. The van der Waals surface area contributed by atoms with Gasteiger partial charge in [-0.25, -0.2) is 0 Å². The molecule has 6 nitrogen and oxygen atoms in total. The molecule has 0 unspecified atom stereocenters. The lowest BCUT2D eigenvalue weighted by Crippen LogP contribution is -2.14. The van der Waals surface area contributed by atoms with Crippen LogP contribution in [0.25, 0.3) is 17.1 Å². The van der Waals surface area contributed by atoms with E-state index in [0.717, 1.165) is 11.3 Å². The van der Waals surface area contributed by atoms with Gasteiger partial charge in [0.15, 0.2) is 11.0 Å². The molecule has 1 aromatic heterocycles. The predicted molar refractivity (Wildman–Crippen MR) is 152 cm³/mol. The van der Waals surface area contributed by atoms with Crippen molar-refractivity contribution in [1.29, 1.82) is 0 Å². The number of halogens is 2. The number of nitrogens with one attached hydrogen (secondary N) is 1. The monoisotopic (exact) mass is 554 g/mol. The van der Waals surface area contributed by atoms with Crippen LogP contribution < -0.4 is 10.1 Å². The van der Waals surface area contributed by atoms with Crippen LogP contribution in [0.2, 0.25) is 10.0 Å². The van der Waals surface area contributed by atoms with Crippen LogP contribution in [0, 0.1) is 0 Å². The topological polar surface area (TPSA) is 69.0 Å². The van der Waals surface area contributed by atoms with Crippen molar-refractivity contribution in [3.63, 3.8) is 0 Å². The molecule has 192 valence electrons. The third-order valence-corrected chi connectivity index (χ3v) is 7.33. The van der Waals surface area contributed by atoms with Gasteiger partial charge in [-0.05, 0) is 54.3 Å². The number of carbonyl (C=O) groups excluding carboxylic acids is 1. The van der Waals surface area contributed by atoms with Crippen molar-refractivity contribution in [2.45, 2.75) is 38.3 Å². The summed E-state index contributed by atoms with van der Waals surface area (Å²) in [5.41, 5.74) is 3.45. The highest BCUT2D eigenvalue weighted by molar-refractivity contribution is 7.99. The number of nitrogens with zero attached hydrogens (tertiary/aromatic N) is 3. The lowest BCUT2D eigenvalue weighted by molar-refractivity contribution is -0.113. The summed E-state index contributed by atoms with van der Waals surface area (Å²) in [6, 6.07) is 20.9. The van der Waals surface area contributed by atoms with E-state index in [9.17, 15) is 4.79 Å². The average Bonchev–Trinajstić information content (AvgIpc) is 3.29. The molecule has 0 bridgehead atoms. The van der Waals surface area contributed by atoms with E-state index in [0.29, 0.717) is 39.0 Å². The SMILES string of the molecule is CCOc1ccc(NC(=O)CSc2nnc(-c3ccc(C(C)(C)C)cc3)n2-c2cccc(Cl)c2Cl)cc1. The molecule has 0 aliphatic rings. The van der Waals surface area contributed by atoms with Gasteiger partial charge >= 0.3 is 0 Å². The Labute approximate surface area is 231 Å². The fourth-order valence-corrected chi connectivity index (χ4v) is 4.81. The molecule has 1 N–H and O–H groups in total. The van der Waals surface area contributed by atoms with E-state index >= 15 is 0 Å². The summed E-state index contributed by atoms with van der Waals surface area (Å²) in [4.78, 5) is 12.7. The summed E-state index contributed by atoms with van der Waals surface area (Å²) in [5.74, 6) is 1.33. The Bertz CT molecular complexity index is 1380. The molecule has 9 heteroatoms. The summed E-state index contributed by atoms with van der Waals surface area (Å²) in [6.07, 6.45) is 0. The number of benzene rings is 3. The molecule has 0 saturated carbocycles. The lowest BCUT2D eigenvalue weighted by Gasteiger charge is -2.19. The van der Waals surface area contributed by atoms with Crippen LogP contribution in [0.15, 0.2) is 71.9 Å².